The van der Waals surface area contributed by atoms with Crippen LogP contribution < -0.4 is 14.8 Å². The molecule has 0 saturated heterocycles. The molecule has 0 atom stereocenters. The summed E-state index contributed by atoms with van der Waals surface area (Å²) in [6.45, 7) is 3.08. The second kappa shape index (κ2) is 8.78. The van der Waals surface area contributed by atoms with Gasteiger partial charge in [-0.3, -0.25) is 0 Å². The average Bonchev–Trinajstić information content (AvgIpc) is 2.68. The molecular weight excluding hydrogens is 365 g/mol. The molecule has 0 spiro atoms. The van der Waals surface area contributed by atoms with Gasteiger partial charge in [0.1, 0.15) is 12.4 Å². The Hall–Kier alpha value is -2.72. The summed E-state index contributed by atoms with van der Waals surface area (Å²) in [4.78, 5) is 0. The van der Waals surface area contributed by atoms with Crippen LogP contribution in [0.1, 0.15) is 16.7 Å². The van der Waals surface area contributed by atoms with Gasteiger partial charge in [-0.15, -0.1) is 0 Å². The van der Waals surface area contributed by atoms with E-state index in [1.54, 1.807) is 19.2 Å². The van der Waals surface area contributed by atoms with E-state index in [0.717, 1.165) is 16.8 Å². The quantitative estimate of drug-likeness (QED) is 0.542. The lowest BCUT2D eigenvalue weighted by Gasteiger charge is -2.13. The van der Waals surface area contributed by atoms with E-state index in [4.69, 9.17) is 21.1 Å². The minimum Gasteiger partial charge on any atom is -0.493 e. The zero-order valence-corrected chi connectivity index (χ0v) is 16.0. The van der Waals surface area contributed by atoms with Crippen molar-refractivity contribution in [2.45, 2.75) is 20.1 Å². The summed E-state index contributed by atoms with van der Waals surface area (Å²) in [6.07, 6.45) is 0. The molecule has 140 valence electrons. The van der Waals surface area contributed by atoms with Gasteiger partial charge in [0.2, 0.25) is 0 Å². The van der Waals surface area contributed by atoms with E-state index < -0.39 is 5.82 Å². The first-order valence-electron chi connectivity index (χ1n) is 8.59. The lowest BCUT2D eigenvalue weighted by Crippen LogP contribution is -2.02. The van der Waals surface area contributed by atoms with E-state index in [9.17, 15) is 4.39 Å². The second-order valence-corrected chi connectivity index (χ2v) is 6.65. The van der Waals surface area contributed by atoms with Gasteiger partial charge in [0.25, 0.3) is 0 Å². The molecule has 3 aromatic carbocycles. The summed E-state index contributed by atoms with van der Waals surface area (Å²) >= 11 is 5.81. The predicted molar refractivity (Wildman–Crippen MR) is 107 cm³/mol. The van der Waals surface area contributed by atoms with Crippen LogP contribution in [0, 0.1) is 12.7 Å². The maximum Gasteiger partial charge on any atom is 0.161 e. The number of rotatable bonds is 7. The van der Waals surface area contributed by atoms with Gasteiger partial charge in [-0.1, -0.05) is 47.5 Å². The van der Waals surface area contributed by atoms with Crippen LogP contribution in [0.25, 0.3) is 0 Å². The van der Waals surface area contributed by atoms with Crippen molar-refractivity contribution >= 4 is 17.3 Å². The van der Waals surface area contributed by atoms with Crippen molar-refractivity contribution in [3.05, 3.63) is 88.2 Å². The molecule has 0 aliphatic rings. The number of hydrogen-bond donors (Lipinski definition) is 1. The highest BCUT2D eigenvalue weighted by molar-refractivity contribution is 6.31. The molecule has 0 fully saturated rings. The number of benzene rings is 3. The summed E-state index contributed by atoms with van der Waals surface area (Å²) in [5.74, 6) is 0.921. The van der Waals surface area contributed by atoms with E-state index >= 15 is 0 Å². The van der Waals surface area contributed by atoms with Gasteiger partial charge < -0.3 is 14.8 Å². The van der Waals surface area contributed by atoms with Gasteiger partial charge in [0.05, 0.1) is 12.1 Å². The third kappa shape index (κ3) is 5.14. The fraction of sp³-hybridized carbons (Fsp3) is 0.182. The van der Waals surface area contributed by atoms with Crippen molar-refractivity contribution in [2.75, 3.05) is 12.4 Å². The standard InChI is InChI=1S/C22H21ClFNO2/c1-15-3-5-16(6-4-15)14-27-21-10-7-17(11-22(21)26-2)13-25-18-8-9-20(24)19(23)12-18/h3-12,25H,13-14H2,1-2H3. The second-order valence-electron chi connectivity index (χ2n) is 6.24. The van der Waals surface area contributed by atoms with E-state index in [-0.39, 0.29) is 5.02 Å². The summed E-state index contributed by atoms with van der Waals surface area (Å²) in [5.41, 5.74) is 4.08. The van der Waals surface area contributed by atoms with Gasteiger partial charge in [-0.05, 0) is 48.4 Å². The molecule has 3 nitrogen and oxygen atoms in total. The number of ether oxygens (including phenoxy) is 2. The minimum atomic E-state index is -0.432. The molecule has 0 bridgehead atoms. The van der Waals surface area contributed by atoms with Crippen LogP contribution in [-0.4, -0.2) is 7.11 Å². The molecule has 3 rings (SSSR count). The summed E-state index contributed by atoms with van der Waals surface area (Å²) in [7, 11) is 1.62. The van der Waals surface area contributed by atoms with Crippen molar-refractivity contribution in [3.63, 3.8) is 0 Å². The third-order valence-electron chi connectivity index (χ3n) is 4.16. The van der Waals surface area contributed by atoms with Crippen LogP contribution in [0.4, 0.5) is 10.1 Å². The topological polar surface area (TPSA) is 30.5 Å². The SMILES string of the molecule is COc1cc(CNc2ccc(F)c(Cl)c2)ccc1OCc1ccc(C)cc1. The van der Waals surface area contributed by atoms with Gasteiger partial charge in [-0.2, -0.15) is 0 Å². The first-order chi connectivity index (χ1) is 13.0. The Morgan fingerprint density at radius 3 is 2.37 bits per heavy atom. The maximum atomic E-state index is 13.2. The Morgan fingerprint density at radius 2 is 1.67 bits per heavy atom. The Kier molecular flexibility index (Phi) is 6.20. The summed E-state index contributed by atoms with van der Waals surface area (Å²) in [5, 5.41) is 3.31. The molecule has 3 aromatic rings. The molecule has 0 saturated carbocycles. The van der Waals surface area contributed by atoms with E-state index in [2.05, 4.69) is 24.4 Å². The summed E-state index contributed by atoms with van der Waals surface area (Å²) < 4.78 is 24.6. The maximum absolute atomic E-state index is 13.2. The molecule has 0 heterocycles. The normalized spacial score (nSPS) is 10.5. The number of nitrogens with one attached hydrogen (secondary N) is 1. The molecule has 27 heavy (non-hydrogen) atoms. The van der Waals surface area contributed by atoms with Crippen molar-refractivity contribution in [3.8, 4) is 11.5 Å². The van der Waals surface area contributed by atoms with Crippen molar-refractivity contribution in [1.29, 1.82) is 0 Å². The first-order valence-corrected chi connectivity index (χ1v) is 8.97. The zero-order valence-electron chi connectivity index (χ0n) is 15.3. The summed E-state index contributed by atoms with van der Waals surface area (Å²) in [6, 6.07) is 18.5. The molecule has 0 unspecified atom stereocenters. The monoisotopic (exact) mass is 385 g/mol. The highest BCUT2D eigenvalue weighted by Crippen LogP contribution is 2.29. The van der Waals surface area contributed by atoms with Gasteiger partial charge >= 0.3 is 0 Å². The number of hydrogen-bond acceptors (Lipinski definition) is 3. The highest BCUT2D eigenvalue weighted by Gasteiger charge is 2.07. The zero-order chi connectivity index (χ0) is 19.2. The molecule has 0 aromatic heterocycles. The first kappa shape index (κ1) is 19.1. The smallest absolute Gasteiger partial charge is 0.161 e. The van der Waals surface area contributed by atoms with Crippen LogP contribution in [0.2, 0.25) is 5.02 Å². The predicted octanol–water partition coefficient (Wildman–Crippen LogP) is 5.99. The lowest BCUT2D eigenvalue weighted by atomic mass is 10.1. The molecular formula is C22H21ClFNO2. The molecule has 0 radical (unpaired) electrons. The van der Waals surface area contributed by atoms with E-state index in [1.165, 1.54) is 11.6 Å². The molecule has 0 amide bonds. The molecule has 1 N–H and O–H groups in total. The van der Waals surface area contributed by atoms with Crippen LogP contribution in [0.5, 0.6) is 11.5 Å². The largest absolute Gasteiger partial charge is 0.493 e. The number of halogens is 2. The van der Waals surface area contributed by atoms with Crippen LogP contribution in [-0.2, 0) is 13.2 Å². The van der Waals surface area contributed by atoms with Gasteiger partial charge in [-0.25, -0.2) is 4.39 Å². The average molecular weight is 386 g/mol. The number of anilines is 1. The van der Waals surface area contributed by atoms with Crippen LogP contribution >= 0.6 is 11.6 Å². The van der Waals surface area contributed by atoms with Crippen molar-refractivity contribution < 1.29 is 13.9 Å². The van der Waals surface area contributed by atoms with E-state index in [0.29, 0.717) is 24.7 Å². The van der Waals surface area contributed by atoms with Crippen LogP contribution in [0.3, 0.4) is 0 Å². The Morgan fingerprint density at radius 1 is 0.926 bits per heavy atom. The van der Waals surface area contributed by atoms with E-state index in [1.807, 2.05) is 30.3 Å². The van der Waals surface area contributed by atoms with Gasteiger partial charge in [0.15, 0.2) is 11.5 Å². The fourth-order valence-electron chi connectivity index (χ4n) is 2.60. The lowest BCUT2D eigenvalue weighted by molar-refractivity contribution is 0.284. The molecule has 0 aliphatic carbocycles. The minimum absolute atomic E-state index is 0.0948. The fourth-order valence-corrected chi connectivity index (χ4v) is 2.78. The molecule has 0 aliphatic heterocycles. The van der Waals surface area contributed by atoms with Gasteiger partial charge in [0, 0.05) is 12.2 Å². The third-order valence-corrected chi connectivity index (χ3v) is 4.45. The Bertz CT molecular complexity index is 913. The number of aryl methyl sites for hydroxylation is 1. The highest BCUT2D eigenvalue weighted by atomic mass is 35.5. The molecule has 5 heteroatoms. The Balaban J connectivity index is 1.64. The number of methoxy groups -OCH3 is 1. The Labute approximate surface area is 163 Å². The van der Waals surface area contributed by atoms with Crippen molar-refractivity contribution in [1.82, 2.24) is 0 Å². The van der Waals surface area contributed by atoms with Crippen LogP contribution in [0.15, 0.2) is 60.7 Å². The van der Waals surface area contributed by atoms with Crippen molar-refractivity contribution in [2.24, 2.45) is 0 Å².